The summed E-state index contributed by atoms with van der Waals surface area (Å²) in [5, 5.41) is 11.2. The normalized spacial score (nSPS) is 13.7. The van der Waals surface area contributed by atoms with E-state index < -0.39 is 0 Å². The second kappa shape index (κ2) is 6.57. The molecule has 0 saturated carbocycles. The van der Waals surface area contributed by atoms with Crippen LogP contribution in [0.5, 0.6) is 0 Å². The first kappa shape index (κ1) is 16.4. The van der Waals surface area contributed by atoms with Gasteiger partial charge in [0, 0.05) is 11.9 Å². The summed E-state index contributed by atoms with van der Waals surface area (Å²) in [6.45, 7) is 7.23. The van der Waals surface area contributed by atoms with E-state index in [4.69, 9.17) is 23.8 Å². The molecule has 0 unspecified atom stereocenters. The van der Waals surface area contributed by atoms with Crippen LogP contribution in [-0.2, 0) is 6.42 Å². The van der Waals surface area contributed by atoms with E-state index in [1.54, 1.807) is 5.37 Å². The summed E-state index contributed by atoms with van der Waals surface area (Å²) in [4.78, 5) is 2.17. The Morgan fingerprint density at radius 2 is 2.13 bits per heavy atom. The fourth-order valence-electron chi connectivity index (χ4n) is 3.22. The van der Waals surface area contributed by atoms with E-state index >= 15 is 0 Å². The molecule has 1 aliphatic heterocycles. The summed E-state index contributed by atoms with van der Waals surface area (Å²) >= 11 is 11.7. The average molecular weight is 349 g/mol. The van der Waals surface area contributed by atoms with Crippen molar-refractivity contribution in [2.24, 2.45) is 0 Å². The number of hydrogen-bond donors (Lipinski definition) is 0. The molecule has 0 saturated heterocycles. The Kier molecular flexibility index (Phi) is 4.69. The van der Waals surface area contributed by atoms with Crippen LogP contribution in [0.25, 0.3) is 0 Å². The second-order valence-electron chi connectivity index (χ2n) is 5.96. The van der Waals surface area contributed by atoms with E-state index in [-0.39, 0.29) is 0 Å². The highest BCUT2D eigenvalue weighted by Crippen LogP contribution is 2.42. The lowest BCUT2D eigenvalue weighted by Gasteiger charge is -2.19. The number of anilines is 2. The van der Waals surface area contributed by atoms with Crippen LogP contribution in [0, 0.1) is 6.92 Å². The first-order chi connectivity index (χ1) is 11.1. The molecular formula is C17H21ClN4S. The Morgan fingerprint density at radius 3 is 2.78 bits per heavy atom. The number of nitrogens with zero attached hydrogens (tertiary/aromatic N) is 4. The Morgan fingerprint density at radius 1 is 1.39 bits per heavy atom. The molecule has 2 heterocycles. The van der Waals surface area contributed by atoms with Crippen LogP contribution in [0.3, 0.4) is 0 Å². The van der Waals surface area contributed by atoms with E-state index in [1.807, 2.05) is 17.8 Å². The third-order valence-corrected chi connectivity index (χ3v) is 5.41. The molecule has 0 N–H and O–H groups in total. The van der Waals surface area contributed by atoms with Gasteiger partial charge in [-0.3, -0.25) is 0 Å². The molecule has 1 aromatic heterocycles. The zero-order valence-electron chi connectivity index (χ0n) is 13.7. The molecule has 0 bridgehead atoms. The molecule has 6 heteroatoms. The van der Waals surface area contributed by atoms with Gasteiger partial charge in [-0.25, -0.2) is 4.68 Å². The molecule has 0 fully saturated rings. The topological polar surface area (TPSA) is 34.0 Å². The molecule has 3 rings (SSSR count). The molecule has 122 valence electrons. The van der Waals surface area contributed by atoms with Crippen LogP contribution < -0.4 is 4.90 Å². The van der Waals surface area contributed by atoms with Crippen LogP contribution in [0.15, 0.2) is 12.3 Å². The molecule has 0 atom stereocenters. The highest BCUT2D eigenvalue weighted by atomic mass is 35.5. The van der Waals surface area contributed by atoms with Crippen molar-refractivity contribution in [1.29, 1.82) is 0 Å². The van der Waals surface area contributed by atoms with Crippen molar-refractivity contribution >= 4 is 40.7 Å². The van der Waals surface area contributed by atoms with Gasteiger partial charge >= 0.3 is 0 Å². The minimum absolute atomic E-state index is 0.396. The van der Waals surface area contributed by atoms with Gasteiger partial charge in [0.25, 0.3) is 0 Å². The van der Waals surface area contributed by atoms with Crippen molar-refractivity contribution in [1.82, 2.24) is 15.0 Å². The van der Waals surface area contributed by atoms with Gasteiger partial charge in [-0.1, -0.05) is 42.9 Å². The van der Waals surface area contributed by atoms with E-state index in [2.05, 4.69) is 35.1 Å². The summed E-state index contributed by atoms with van der Waals surface area (Å²) in [7, 11) is 0. The highest BCUT2D eigenvalue weighted by molar-refractivity contribution is 7.79. The fraction of sp³-hybridized carbons (Fsp3) is 0.471. The predicted octanol–water partition coefficient (Wildman–Crippen LogP) is 4.64. The number of benzene rings is 1. The Balaban J connectivity index is 2.00. The van der Waals surface area contributed by atoms with Crippen molar-refractivity contribution in [2.75, 3.05) is 11.4 Å². The zero-order valence-corrected chi connectivity index (χ0v) is 15.3. The van der Waals surface area contributed by atoms with Crippen LogP contribution in [0.1, 0.15) is 49.4 Å². The highest BCUT2D eigenvalue weighted by Gasteiger charge is 2.27. The van der Waals surface area contributed by atoms with Crippen LogP contribution in [-0.4, -0.2) is 26.9 Å². The van der Waals surface area contributed by atoms with Crippen LogP contribution >= 0.6 is 23.8 Å². The van der Waals surface area contributed by atoms with Crippen molar-refractivity contribution in [3.05, 3.63) is 34.0 Å². The van der Waals surface area contributed by atoms with Crippen molar-refractivity contribution in [3.63, 3.8) is 0 Å². The second-order valence-corrected chi connectivity index (χ2v) is 6.57. The lowest BCUT2D eigenvalue weighted by Crippen LogP contribution is -2.14. The summed E-state index contributed by atoms with van der Waals surface area (Å²) in [5.41, 5.74) is 4.35. The summed E-state index contributed by atoms with van der Waals surface area (Å²) in [5.74, 6) is 0.868. The lowest BCUT2D eigenvalue weighted by atomic mass is 10.0. The molecule has 1 aliphatic rings. The number of thiocarbonyl (C=S) groups is 1. The smallest absolute Gasteiger partial charge is 0.175 e. The minimum Gasteiger partial charge on any atom is -0.322 e. The van der Waals surface area contributed by atoms with Gasteiger partial charge in [-0.15, -0.1) is 5.10 Å². The molecule has 23 heavy (non-hydrogen) atoms. The summed E-state index contributed by atoms with van der Waals surface area (Å²) in [6.07, 6.45) is 5.08. The van der Waals surface area contributed by atoms with Gasteiger partial charge in [0.1, 0.15) is 0 Å². The van der Waals surface area contributed by atoms with E-state index in [0.717, 1.165) is 53.5 Å². The maximum absolute atomic E-state index is 6.63. The van der Waals surface area contributed by atoms with E-state index in [0.29, 0.717) is 6.04 Å². The largest absolute Gasteiger partial charge is 0.322 e. The quantitative estimate of drug-likeness (QED) is 0.737. The van der Waals surface area contributed by atoms with Crippen LogP contribution in [0.2, 0.25) is 5.02 Å². The monoisotopic (exact) mass is 348 g/mol. The van der Waals surface area contributed by atoms with Gasteiger partial charge in [0.2, 0.25) is 0 Å². The van der Waals surface area contributed by atoms with Crippen molar-refractivity contribution < 1.29 is 0 Å². The SMILES string of the molecule is CCC(CC)n1cc(N2CCc3cc(C=S)c(C)c(Cl)c32)nn1. The number of aromatic nitrogens is 3. The van der Waals surface area contributed by atoms with Crippen molar-refractivity contribution in [2.45, 2.75) is 46.1 Å². The maximum Gasteiger partial charge on any atom is 0.175 e. The molecule has 2 aromatic rings. The molecule has 1 aromatic carbocycles. The third-order valence-electron chi connectivity index (χ3n) is 4.70. The molecule has 0 aliphatic carbocycles. The number of fused-ring (bicyclic) bond motifs is 1. The first-order valence-corrected chi connectivity index (χ1v) is 8.92. The van der Waals surface area contributed by atoms with E-state index in [9.17, 15) is 0 Å². The summed E-state index contributed by atoms with van der Waals surface area (Å²) < 4.78 is 1.97. The minimum atomic E-state index is 0.396. The number of hydrogen-bond acceptors (Lipinski definition) is 4. The average Bonchev–Trinajstić information content (AvgIpc) is 3.18. The fourth-order valence-corrected chi connectivity index (χ4v) is 3.80. The summed E-state index contributed by atoms with van der Waals surface area (Å²) in [6, 6.07) is 2.54. The molecule has 4 nitrogen and oxygen atoms in total. The van der Waals surface area contributed by atoms with Crippen molar-refractivity contribution in [3.8, 4) is 0 Å². The van der Waals surface area contributed by atoms with Gasteiger partial charge in [-0.2, -0.15) is 0 Å². The lowest BCUT2D eigenvalue weighted by molar-refractivity contribution is 0.418. The first-order valence-electron chi connectivity index (χ1n) is 8.07. The molecular weight excluding hydrogens is 328 g/mol. The number of rotatable bonds is 5. The number of halogens is 1. The Hall–Kier alpha value is -1.46. The van der Waals surface area contributed by atoms with Gasteiger partial charge < -0.3 is 4.90 Å². The molecule has 0 spiro atoms. The van der Waals surface area contributed by atoms with Crippen LogP contribution in [0.4, 0.5) is 11.5 Å². The maximum atomic E-state index is 6.63. The standard InChI is InChI=1S/C17H21ClN4S/c1-4-14(5-2)22-9-15(19-20-22)21-7-6-12-8-13(10-23)11(3)16(18)17(12)21/h8-10,14H,4-7H2,1-3H3. The Bertz CT molecular complexity index is 736. The zero-order chi connectivity index (χ0) is 16.6. The third kappa shape index (κ3) is 2.76. The van der Waals surface area contributed by atoms with Gasteiger partial charge in [0.05, 0.1) is 22.9 Å². The van der Waals surface area contributed by atoms with Gasteiger partial charge in [0.15, 0.2) is 5.82 Å². The molecule has 0 amide bonds. The molecule has 0 radical (unpaired) electrons. The van der Waals surface area contributed by atoms with E-state index in [1.165, 1.54) is 5.56 Å². The Labute approximate surface area is 147 Å². The predicted molar refractivity (Wildman–Crippen MR) is 99.3 cm³/mol. The van der Waals surface area contributed by atoms with Gasteiger partial charge in [-0.05, 0) is 48.9 Å².